The van der Waals surface area contributed by atoms with E-state index in [-0.39, 0.29) is 5.91 Å². The van der Waals surface area contributed by atoms with Crippen molar-refractivity contribution in [3.05, 3.63) is 36.0 Å². The Morgan fingerprint density at radius 2 is 1.95 bits per heavy atom. The summed E-state index contributed by atoms with van der Waals surface area (Å²) in [5.74, 6) is 0.0583. The molecule has 2 heterocycles. The van der Waals surface area contributed by atoms with E-state index >= 15 is 0 Å². The van der Waals surface area contributed by atoms with Crippen molar-refractivity contribution in [2.24, 2.45) is 0 Å². The lowest BCUT2D eigenvalue weighted by atomic mass is 10.0. The second-order valence-corrected chi connectivity index (χ2v) is 6.29. The summed E-state index contributed by atoms with van der Waals surface area (Å²) in [6.07, 6.45) is 6.80. The highest BCUT2D eigenvalue weighted by Crippen LogP contribution is 2.29. The van der Waals surface area contributed by atoms with Gasteiger partial charge in [-0.1, -0.05) is 0 Å². The fourth-order valence-corrected chi connectivity index (χ4v) is 3.31. The van der Waals surface area contributed by atoms with Crippen LogP contribution in [-0.2, 0) is 0 Å². The molecule has 1 saturated heterocycles. The lowest BCUT2D eigenvalue weighted by Gasteiger charge is -2.32. The van der Waals surface area contributed by atoms with Crippen LogP contribution in [0.2, 0.25) is 0 Å². The second kappa shape index (κ2) is 5.19. The van der Waals surface area contributed by atoms with E-state index in [2.05, 4.69) is 15.2 Å². The lowest BCUT2D eigenvalue weighted by molar-refractivity contribution is 0.0909. The van der Waals surface area contributed by atoms with Gasteiger partial charge in [-0.2, -0.15) is 0 Å². The quantitative estimate of drug-likeness (QED) is 0.909. The summed E-state index contributed by atoms with van der Waals surface area (Å²) in [6.45, 7) is 2.26. The van der Waals surface area contributed by atoms with Crippen molar-refractivity contribution >= 4 is 16.8 Å². The first kappa shape index (κ1) is 12.9. The van der Waals surface area contributed by atoms with Gasteiger partial charge in [-0.3, -0.25) is 4.79 Å². The number of rotatable bonds is 3. The van der Waals surface area contributed by atoms with Crippen LogP contribution in [-0.4, -0.2) is 41.0 Å². The largest absolute Gasteiger partial charge is 0.361 e. The van der Waals surface area contributed by atoms with Gasteiger partial charge in [-0.05, 0) is 49.9 Å². The molecule has 1 aromatic carbocycles. The van der Waals surface area contributed by atoms with Crippen molar-refractivity contribution in [3.8, 4) is 0 Å². The van der Waals surface area contributed by atoms with Crippen LogP contribution in [0.15, 0.2) is 30.5 Å². The maximum absolute atomic E-state index is 12.4. The Morgan fingerprint density at radius 3 is 2.71 bits per heavy atom. The molecule has 2 aliphatic rings. The topological polar surface area (TPSA) is 48.1 Å². The van der Waals surface area contributed by atoms with Gasteiger partial charge in [0.1, 0.15) is 0 Å². The summed E-state index contributed by atoms with van der Waals surface area (Å²) in [5.41, 5.74) is 1.83. The van der Waals surface area contributed by atoms with Crippen LogP contribution < -0.4 is 5.32 Å². The van der Waals surface area contributed by atoms with Crippen LogP contribution in [0.4, 0.5) is 0 Å². The summed E-state index contributed by atoms with van der Waals surface area (Å²) >= 11 is 0. The number of benzene rings is 1. The molecule has 1 aromatic heterocycles. The number of nitrogens with one attached hydrogen (secondary N) is 2. The zero-order valence-corrected chi connectivity index (χ0v) is 12.1. The number of likely N-dealkylation sites (tertiary alicyclic amines) is 1. The normalized spacial score (nSPS) is 20.8. The van der Waals surface area contributed by atoms with E-state index < -0.39 is 0 Å². The molecule has 1 aliphatic carbocycles. The van der Waals surface area contributed by atoms with E-state index in [0.717, 1.165) is 48.4 Å². The van der Waals surface area contributed by atoms with Crippen molar-refractivity contribution in [2.45, 2.75) is 37.8 Å². The molecule has 2 N–H and O–H groups in total. The number of aromatic nitrogens is 1. The SMILES string of the molecule is O=C(NC1CCN(C2CC2)CC1)c1ccc2[nH]ccc2c1. The van der Waals surface area contributed by atoms with Crippen molar-refractivity contribution in [1.82, 2.24) is 15.2 Å². The van der Waals surface area contributed by atoms with Crippen molar-refractivity contribution in [1.29, 1.82) is 0 Å². The Balaban J connectivity index is 1.38. The molecular weight excluding hydrogens is 262 g/mol. The van der Waals surface area contributed by atoms with Crippen LogP contribution in [0, 0.1) is 0 Å². The molecular formula is C17H21N3O. The van der Waals surface area contributed by atoms with E-state index in [1.54, 1.807) is 0 Å². The number of hydrogen-bond donors (Lipinski definition) is 2. The average Bonchev–Trinajstić information content (AvgIpc) is 3.25. The fraction of sp³-hybridized carbons (Fsp3) is 0.471. The zero-order valence-electron chi connectivity index (χ0n) is 12.1. The number of amides is 1. The smallest absolute Gasteiger partial charge is 0.251 e. The number of hydrogen-bond acceptors (Lipinski definition) is 2. The molecule has 2 aromatic rings. The molecule has 110 valence electrons. The van der Waals surface area contributed by atoms with Gasteiger partial charge in [0.05, 0.1) is 0 Å². The van der Waals surface area contributed by atoms with Crippen molar-refractivity contribution in [3.63, 3.8) is 0 Å². The second-order valence-electron chi connectivity index (χ2n) is 6.29. The number of H-pyrrole nitrogens is 1. The third-order valence-corrected chi connectivity index (χ3v) is 4.74. The number of nitrogens with zero attached hydrogens (tertiary/aromatic N) is 1. The number of fused-ring (bicyclic) bond motifs is 1. The number of piperidine rings is 1. The minimum atomic E-state index is 0.0583. The zero-order chi connectivity index (χ0) is 14.2. The van der Waals surface area contributed by atoms with Gasteiger partial charge in [-0.25, -0.2) is 0 Å². The fourth-order valence-electron chi connectivity index (χ4n) is 3.31. The van der Waals surface area contributed by atoms with Crippen LogP contribution in [0.1, 0.15) is 36.0 Å². The van der Waals surface area contributed by atoms with Crippen LogP contribution in [0.3, 0.4) is 0 Å². The molecule has 1 amide bonds. The van der Waals surface area contributed by atoms with E-state index in [1.165, 1.54) is 12.8 Å². The molecule has 0 spiro atoms. The molecule has 4 rings (SSSR count). The average molecular weight is 283 g/mol. The van der Waals surface area contributed by atoms with Crippen LogP contribution >= 0.6 is 0 Å². The number of carbonyl (C=O) groups is 1. The van der Waals surface area contributed by atoms with Gasteiger partial charge in [0.2, 0.25) is 0 Å². The Labute approximate surface area is 124 Å². The van der Waals surface area contributed by atoms with Gasteiger partial charge in [0.25, 0.3) is 5.91 Å². The molecule has 0 radical (unpaired) electrons. The Kier molecular flexibility index (Phi) is 3.19. The maximum Gasteiger partial charge on any atom is 0.251 e. The van der Waals surface area contributed by atoms with Crippen LogP contribution in [0.5, 0.6) is 0 Å². The van der Waals surface area contributed by atoms with Crippen molar-refractivity contribution in [2.75, 3.05) is 13.1 Å². The molecule has 4 heteroatoms. The highest BCUT2D eigenvalue weighted by molar-refractivity contribution is 5.98. The summed E-state index contributed by atoms with van der Waals surface area (Å²) in [5, 5.41) is 4.29. The van der Waals surface area contributed by atoms with Gasteiger partial charge >= 0.3 is 0 Å². The summed E-state index contributed by atoms with van der Waals surface area (Å²) in [7, 11) is 0. The summed E-state index contributed by atoms with van der Waals surface area (Å²) < 4.78 is 0. The highest BCUT2D eigenvalue weighted by Gasteiger charge is 2.32. The van der Waals surface area contributed by atoms with E-state index in [0.29, 0.717) is 6.04 Å². The first-order valence-corrected chi connectivity index (χ1v) is 7.92. The maximum atomic E-state index is 12.4. The summed E-state index contributed by atoms with van der Waals surface area (Å²) in [4.78, 5) is 18.1. The molecule has 2 fully saturated rings. The van der Waals surface area contributed by atoms with E-state index in [9.17, 15) is 4.79 Å². The molecule has 1 aliphatic heterocycles. The molecule has 0 unspecified atom stereocenters. The minimum absolute atomic E-state index is 0.0583. The Hall–Kier alpha value is -1.81. The third kappa shape index (κ3) is 2.68. The minimum Gasteiger partial charge on any atom is -0.361 e. The monoisotopic (exact) mass is 283 g/mol. The van der Waals surface area contributed by atoms with Gasteiger partial charge in [0, 0.05) is 47.8 Å². The predicted molar refractivity (Wildman–Crippen MR) is 83.4 cm³/mol. The van der Waals surface area contributed by atoms with Gasteiger partial charge in [0.15, 0.2) is 0 Å². The molecule has 4 nitrogen and oxygen atoms in total. The lowest BCUT2D eigenvalue weighted by Crippen LogP contribution is -2.45. The van der Waals surface area contributed by atoms with Gasteiger partial charge < -0.3 is 15.2 Å². The molecule has 0 atom stereocenters. The molecule has 1 saturated carbocycles. The predicted octanol–water partition coefficient (Wildman–Crippen LogP) is 2.52. The van der Waals surface area contributed by atoms with E-state index in [4.69, 9.17) is 0 Å². The van der Waals surface area contributed by atoms with Crippen molar-refractivity contribution < 1.29 is 4.79 Å². The first-order chi connectivity index (χ1) is 10.3. The van der Waals surface area contributed by atoms with E-state index in [1.807, 2.05) is 30.5 Å². The van der Waals surface area contributed by atoms with Gasteiger partial charge in [-0.15, -0.1) is 0 Å². The highest BCUT2D eigenvalue weighted by atomic mass is 16.1. The summed E-state index contributed by atoms with van der Waals surface area (Å²) in [6, 6.07) is 9.00. The number of carbonyl (C=O) groups excluding carboxylic acids is 1. The first-order valence-electron chi connectivity index (χ1n) is 7.92. The van der Waals surface area contributed by atoms with Crippen LogP contribution in [0.25, 0.3) is 10.9 Å². The molecule has 0 bridgehead atoms. The molecule has 21 heavy (non-hydrogen) atoms. The third-order valence-electron chi connectivity index (χ3n) is 4.74. The number of aromatic amines is 1. The Morgan fingerprint density at radius 1 is 1.14 bits per heavy atom. The standard InChI is InChI=1S/C17H21N3O/c21-17(13-1-4-16-12(11-13)5-8-18-16)19-14-6-9-20(10-7-14)15-2-3-15/h1,4-5,8,11,14-15,18H,2-3,6-7,9-10H2,(H,19,21). The Bertz CT molecular complexity index is 651.